The lowest BCUT2D eigenvalue weighted by Crippen LogP contribution is -2.36. The topological polar surface area (TPSA) is 89.6 Å². The molecule has 1 fully saturated rings. The Kier molecular flexibility index (Phi) is 6.88. The van der Waals surface area contributed by atoms with Crippen LogP contribution in [-0.4, -0.2) is 56.6 Å². The van der Waals surface area contributed by atoms with Gasteiger partial charge < -0.3 is 15.0 Å². The molecular formula is C28H33F2N7O2. The summed E-state index contributed by atoms with van der Waals surface area (Å²) in [7, 11) is 0. The number of rotatable bonds is 5. The fourth-order valence-corrected chi connectivity index (χ4v) is 4.64. The van der Waals surface area contributed by atoms with Gasteiger partial charge in [-0.3, -0.25) is 4.79 Å². The van der Waals surface area contributed by atoms with Crippen LogP contribution in [0.5, 0.6) is 0 Å². The molecule has 0 saturated carbocycles. The van der Waals surface area contributed by atoms with Gasteiger partial charge >= 0.3 is 0 Å². The van der Waals surface area contributed by atoms with Gasteiger partial charge in [0.2, 0.25) is 5.95 Å². The van der Waals surface area contributed by atoms with Gasteiger partial charge in [-0.1, -0.05) is 13.8 Å². The van der Waals surface area contributed by atoms with E-state index in [-0.39, 0.29) is 17.2 Å². The quantitative estimate of drug-likeness (QED) is 0.379. The van der Waals surface area contributed by atoms with Crippen LogP contribution in [0.1, 0.15) is 62.3 Å². The van der Waals surface area contributed by atoms with E-state index in [0.29, 0.717) is 37.4 Å². The number of ether oxygens (including phenoxy) is 1. The van der Waals surface area contributed by atoms with Crippen molar-refractivity contribution >= 4 is 22.9 Å². The van der Waals surface area contributed by atoms with E-state index in [9.17, 15) is 9.18 Å². The second kappa shape index (κ2) is 10.0. The highest BCUT2D eigenvalue weighted by Gasteiger charge is 2.26. The molecule has 0 atom stereocenters. The zero-order chi connectivity index (χ0) is 28.1. The zero-order valence-electron chi connectivity index (χ0n) is 23.0. The molecule has 0 unspecified atom stereocenters. The highest BCUT2D eigenvalue weighted by Crippen LogP contribution is 2.34. The van der Waals surface area contributed by atoms with E-state index >= 15 is 4.39 Å². The van der Waals surface area contributed by atoms with Gasteiger partial charge in [0.25, 0.3) is 5.91 Å². The number of amides is 1. The van der Waals surface area contributed by atoms with Crippen molar-refractivity contribution in [2.75, 3.05) is 36.5 Å². The van der Waals surface area contributed by atoms with Crippen LogP contribution in [0.2, 0.25) is 0 Å². The Bertz CT molecular complexity index is 1550. The summed E-state index contributed by atoms with van der Waals surface area (Å²) >= 11 is 0. The number of morpholine rings is 1. The third kappa shape index (κ3) is 5.10. The van der Waals surface area contributed by atoms with Crippen molar-refractivity contribution in [1.82, 2.24) is 24.4 Å². The van der Waals surface area contributed by atoms with Crippen LogP contribution in [0.3, 0.4) is 0 Å². The Morgan fingerprint density at radius 2 is 1.85 bits per heavy atom. The monoisotopic (exact) mass is 537 g/mol. The Balaban J connectivity index is 1.56. The molecular weight excluding hydrogens is 504 g/mol. The van der Waals surface area contributed by atoms with Gasteiger partial charge in [0.1, 0.15) is 11.4 Å². The van der Waals surface area contributed by atoms with Crippen LogP contribution in [-0.2, 0) is 10.3 Å². The Morgan fingerprint density at radius 3 is 2.49 bits per heavy atom. The number of halogens is 2. The van der Waals surface area contributed by atoms with Crippen LogP contribution in [0, 0.1) is 18.7 Å². The standard InChI is InChI=1S/C28H33F2N7O2/c1-16(2)25-33-26-23(35-7-9-39-10-8-35)12-18(15-36(26)34-25)19-13-22(21(29)11-17(19)3)32-27(38)20-14-31-37(24(20)30)28(4,5)6/h11-16H,7-10H2,1-6H3,(H,32,38). The molecule has 1 aliphatic rings. The molecule has 9 nitrogen and oxygen atoms in total. The molecule has 39 heavy (non-hydrogen) atoms. The van der Waals surface area contributed by atoms with Crippen molar-refractivity contribution in [3.8, 4) is 11.1 Å². The van der Waals surface area contributed by atoms with E-state index in [1.165, 1.54) is 6.07 Å². The van der Waals surface area contributed by atoms with E-state index in [2.05, 4.69) is 15.3 Å². The summed E-state index contributed by atoms with van der Waals surface area (Å²) in [6.45, 7) is 13.8. The van der Waals surface area contributed by atoms with Crippen molar-refractivity contribution in [1.29, 1.82) is 0 Å². The fraction of sp³-hybridized carbons (Fsp3) is 0.429. The predicted octanol–water partition coefficient (Wildman–Crippen LogP) is 5.15. The lowest BCUT2D eigenvalue weighted by atomic mass is 10.00. The van der Waals surface area contributed by atoms with E-state index in [4.69, 9.17) is 14.8 Å². The minimum atomic E-state index is -0.779. The molecule has 11 heteroatoms. The maximum absolute atomic E-state index is 15.1. The molecule has 0 radical (unpaired) electrons. The molecule has 1 saturated heterocycles. The Morgan fingerprint density at radius 1 is 1.13 bits per heavy atom. The molecule has 1 amide bonds. The number of hydrogen-bond acceptors (Lipinski definition) is 6. The predicted molar refractivity (Wildman–Crippen MR) is 145 cm³/mol. The highest BCUT2D eigenvalue weighted by molar-refractivity contribution is 6.04. The number of fused-ring (bicyclic) bond motifs is 1. The lowest BCUT2D eigenvalue weighted by Gasteiger charge is -2.29. The summed E-state index contributed by atoms with van der Waals surface area (Å²) < 4.78 is 38.4. The fourth-order valence-electron chi connectivity index (χ4n) is 4.64. The van der Waals surface area contributed by atoms with E-state index in [1.54, 1.807) is 38.3 Å². The Labute approximate surface area is 225 Å². The first-order valence-electron chi connectivity index (χ1n) is 13.0. The SMILES string of the molecule is Cc1cc(F)c(NC(=O)c2cnn(C(C)(C)C)c2F)cc1-c1cc(N2CCOCC2)c2nc(C(C)C)nn2c1. The molecule has 1 N–H and O–H groups in total. The van der Waals surface area contributed by atoms with Crippen LogP contribution in [0.15, 0.2) is 30.6 Å². The summed E-state index contributed by atoms with van der Waals surface area (Å²) in [5.41, 5.74) is 2.83. The molecule has 206 valence electrons. The van der Waals surface area contributed by atoms with Gasteiger partial charge in [0.05, 0.1) is 36.3 Å². The summed E-state index contributed by atoms with van der Waals surface area (Å²) in [4.78, 5) is 19.9. The largest absolute Gasteiger partial charge is 0.378 e. The van der Waals surface area contributed by atoms with E-state index < -0.39 is 23.2 Å². The summed E-state index contributed by atoms with van der Waals surface area (Å²) in [5, 5.41) is 11.2. The van der Waals surface area contributed by atoms with E-state index in [0.717, 1.165) is 33.6 Å². The average Bonchev–Trinajstić information content (AvgIpc) is 3.49. The first-order valence-corrected chi connectivity index (χ1v) is 13.0. The number of anilines is 2. The van der Waals surface area contributed by atoms with Crippen LogP contribution >= 0.6 is 0 Å². The number of aryl methyl sites for hydroxylation is 1. The van der Waals surface area contributed by atoms with Gasteiger partial charge in [-0.05, 0) is 57.0 Å². The number of pyridine rings is 1. The molecule has 5 rings (SSSR count). The van der Waals surface area contributed by atoms with Gasteiger partial charge in [-0.2, -0.15) is 14.6 Å². The second-order valence-electron chi connectivity index (χ2n) is 11.1. The molecule has 1 aromatic carbocycles. The van der Waals surface area contributed by atoms with Crippen molar-refractivity contribution in [3.63, 3.8) is 0 Å². The van der Waals surface area contributed by atoms with Crippen molar-refractivity contribution in [2.45, 2.75) is 53.0 Å². The molecule has 0 aliphatic carbocycles. The van der Waals surface area contributed by atoms with Gasteiger partial charge in [0.15, 0.2) is 11.5 Å². The number of nitrogens with one attached hydrogen (secondary N) is 1. The smallest absolute Gasteiger partial charge is 0.262 e. The number of benzene rings is 1. The number of hydrogen-bond donors (Lipinski definition) is 1. The number of carbonyl (C=O) groups excluding carboxylic acids is 1. The molecule has 0 bridgehead atoms. The van der Waals surface area contributed by atoms with E-state index in [1.807, 2.05) is 26.1 Å². The maximum Gasteiger partial charge on any atom is 0.262 e. The number of aromatic nitrogens is 5. The summed E-state index contributed by atoms with van der Waals surface area (Å²) in [6, 6.07) is 4.94. The zero-order valence-corrected chi connectivity index (χ0v) is 23.0. The molecule has 1 aliphatic heterocycles. The third-order valence-electron chi connectivity index (χ3n) is 6.76. The van der Waals surface area contributed by atoms with Crippen molar-refractivity contribution < 1.29 is 18.3 Å². The molecule has 4 heterocycles. The van der Waals surface area contributed by atoms with Crippen LogP contribution in [0.25, 0.3) is 16.8 Å². The highest BCUT2D eigenvalue weighted by atomic mass is 19.1. The van der Waals surface area contributed by atoms with Gasteiger partial charge in [0, 0.05) is 30.8 Å². The third-order valence-corrected chi connectivity index (χ3v) is 6.76. The molecule has 4 aromatic rings. The minimum absolute atomic E-state index is 0.0574. The normalized spacial score (nSPS) is 14.4. The molecule has 3 aromatic heterocycles. The average molecular weight is 538 g/mol. The first-order chi connectivity index (χ1) is 18.4. The second-order valence-corrected chi connectivity index (χ2v) is 11.1. The molecule has 0 spiro atoms. The van der Waals surface area contributed by atoms with Crippen molar-refractivity contribution in [2.24, 2.45) is 0 Å². The summed E-state index contributed by atoms with van der Waals surface area (Å²) in [6.07, 6.45) is 3.01. The summed E-state index contributed by atoms with van der Waals surface area (Å²) in [5.74, 6) is -1.31. The number of nitrogens with zero attached hydrogens (tertiary/aromatic N) is 6. The van der Waals surface area contributed by atoms with Crippen molar-refractivity contribution in [3.05, 3.63) is 59.3 Å². The van der Waals surface area contributed by atoms with Crippen LogP contribution < -0.4 is 10.2 Å². The minimum Gasteiger partial charge on any atom is -0.378 e. The first kappa shape index (κ1) is 26.7. The maximum atomic E-state index is 15.1. The Hall–Kier alpha value is -3.86. The lowest BCUT2D eigenvalue weighted by molar-refractivity contribution is 0.102. The van der Waals surface area contributed by atoms with Gasteiger partial charge in [-0.15, -0.1) is 0 Å². The van der Waals surface area contributed by atoms with Crippen LogP contribution in [0.4, 0.5) is 20.2 Å². The van der Waals surface area contributed by atoms with Gasteiger partial charge in [-0.25, -0.2) is 18.6 Å². The number of carbonyl (C=O) groups is 1.